The van der Waals surface area contributed by atoms with Crippen LogP contribution in [0.15, 0.2) is 0 Å². The SMILES string of the molecule is CCC1CCN(C(=O)C(NC(=O)O)C(C)(C)C)C1C(=O)NC1(C(=O)NS(=O)(=O)C2CC2)CC1C(F)F. The average Bonchev–Trinajstić information content (AvgIpc) is 3.66. The van der Waals surface area contributed by atoms with Gasteiger partial charge in [-0.25, -0.2) is 22.0 Å². The van der Waals surface area contributed by atoms with Gasteiger partial charge < -0.3 is 20.6 Å². The van der Waals surface area contributed by atoms with Gasteiger partial charge in [0.05, 0.1) is 11.2 Å². The molecule has 5 atom stereocenters. The maximum Gasteiger partial charge on any atom is 0.405 e. The second-order valence-electron chi connectivity index (χ2n) is 11.0. The number of carbonyl (C=O) groups is 4. The molecule has 14 heteroatoms. The lowest BCUT2D eigenvalue weighted by Gasteiger charge is -2.36. The van der Waals surface area contributed by atoms with E-state index >= 15 is 0 Å². The third kappa shape index (κ3) is 5.57. The van der Waals surface area contributed by atoms with Crippen molar-refractivity contribution in [3.63, 3.8) is 0 Å². The number of hydrogen-bond acceptors (Lipinski definition) is 6. The van der Waals surface area contributed by atoms with Gasteiger partial charge in [-0.1, -0.05) is 34.1 Å². The average molecular weight is 537 g/mol. The van der Waals surface area contributed by atoms with Crippen LogP contribution in [0.1, 0.15) is 59.8 Å². The molecule has 3 rings (SSSR count). The minimum atomic E-state index is -4.04. The molecule has 2 saturated carbocycles. The molecule has 3 aliphatic rings. The molecule has 5 unspecified atom stereocenters. The van der Waals surface area contributed by atoms with Crippen LogP contribution in [0.2, 0.25) is 0 Å². The fourth-order valence-electron chi connectivity index (χ4n) is 4.85. The molecule has 0 aromatic heterocycles. The molecule has 11 nitrogen and oxygen atoms in total. The summed E-state index contributed by atoms with van der Waals surface area (Å²) in [7, 11) is -4.04. The molecule has 0 aromatic rings. The fraction of sp³-hybridized carbons (Fsp3) is 0.818. The van der Waals surface area contributed by atoms with Crippen molar-refractivity contribution in [1.29, 1.82) is 0 Å². The molecule has 0 radical (unpaired) electrons. The van der Waals surface area contributed by atoms with Gasteiger partial charge in [0.25, 0.3) is 5.91 Å². The number of rotatable bonds is 9. The number of alkyl halides is 2. The highest BCUT2D eigenvalue weighted by Crippen LogP contribution is 2.48. The van der Waals surface area contributed by atoms with Gasteiger partial charge in [0.1, 0.15) is 17.6 Å². The predicted octanol–water partition coefficient (Wildman–Crippen LogP) is 1.04. The van der Waals surface area contributed by atoms with Crippen LogP contribution in [0.25, 0.3) is 0 Å². The number of nitrogens with zero attached hydrogens (tertiary/aromatic N) is 1. The minimum absolute atomic E-state index is 0.136. The van der Waals surface area contributed by atoms with Gasteiger partial charge >= 0.3 is 6.09 Å². The quantitative estimate of drug-likeness (QED) is 0.342. The van der Waals surface area contributed by atoms with Crippen molar-refractivity contribution < 1.29 is 41.5 Å². The Bertz CT molecular complexity index is 1030. The van der Waals surface area contributed by atoms with Crippen LogP contribution >= 0.6 is 0 Å². The molecule has 204 valence electrons. The summed E-state index contributed by atoms with van der Waals surface area (Å²) in [6, 6.07) is -2.32. The highest BCUT2D eigenvalue weighted by Gasteiger charge is 2.66. The summed E-state index contributed by atoms with van der Waals surface area (Å²) < 4.78 is 53.6. The van der Waals surface area contributed by atoms with Crippen LogP contribution in [0, 0.1) is 17.3 Å². The van der Waals surface area contributed by atoms with Gasteiger partial charge in [0, 0.05) is 6.54 Å². The topological polar surface area (TPSA) is 162 Å². The number of amides is 4. The molecule has 1 saturated heterocycles. The molecule has 0 aromatic carbocycles. The maximum atomic E-state index is 13.6. The second-order valence-corrected chi connectivity index (χ2v) is 12.9. The second kappa shape index (κ2) is 9.75. The third-order valence-corrected chi connectivity index (χ3v) is 9.07. The van der Waals surface area contributed by atoms with Gasteiger partial charge in [-0.3, -0.25) is 19.1 Å². The van der Waals surface area contributed by atoms with Crippen molar-refractivity contribution in [3.05, 3.63) is 0 Å². The Hall–Kier alpha value is -2.51. The highest BCUT2D eigenvalue weighted by atomic mass is 32.2. The number of likely N-dealkylation sites (tertiary alicyclic amines) is 1. The Morgan fingerprint density at radius 2 is 1.75 bits per heavy atom. The van der Waals surface area contributed by atoms with Crippen LogP contribution in [-0.4, -0.2) is 78.1 Å². The first-order valence-corrected chi connectivity index (χ1v) is 13.6. The number of hydrogen-bond donors (Lipinski definition) is 4. The van der Waals surface area contributed by atoms with Crippen LogP contribution in [0.3, 0.4) is 0 Å². The molecule has 0 bridgehead atoms. The Morgan fingerprint density at radius 1 is 1.14 bits per heavy atom. The molecule has 1 aliphatic heterocycles. The van der Waals surface area contributed by atoms with Crippen LogP contribution < -0.4 is 15.4 Å². The summed E-state index contributed by atoms with van der Waals surface area (Å²) >= 11 is 0. The largest absolute Gasteiger partial charge is 0.465 e. The summed E-state index contributed by atoms with van der Waals surface area (Å²) in [5.41, 5.74) is -2.94. The van der Waals surface area contributed by atoms with Crippen molar-refractivity contribution in [1.82, 2.24) is 20.3 Å². The van der Waals surface area contributed by atoms with Crippen LogP contribution in [0.4, 0.5) is 13.6 Å². The van der Waals surface area contributed by atoms with Gasteiger partial charge in [0.2, 0.25) is 28.3 Å². The van der Waals surface area contributed by atoms with Crippen LogP contribution in [-0.2, 0) is 24.4 Å². The van der Waals surface area contributed by atoms with E-state index in [0.717, 1.165) is 0 Å². The highest BCUT2D eigenvalue weighted by molar-refractivity contribution is 7.91. The van der Waals surface area contributed by atoms with Crippen molar-refractivity contribution >= 4 is 33.8 Å². The van der Waals surface area contributed by atoms with Crippen molar-refractivity contribution in [2.24, 2.45) is 17.3 Å². The molecule has 36 heavy (non-hydrogen) atoms. The van der Waals surface area contributed by atoms with E-state index in [2.05, 4.69) is 10.6 Å². The first kappa shape index (κ1) is 28.1. The zero-order valence-corrected chi connectivity index (χ0v) is 21.5. The summed E-state index contributed by atoms with van der Waals surface area (Å²) in [6.07, 6.45) is -3.24. The third-order valence-electron chi connectivity index (χ3n) is 7.25. The summed E-state index contributed by atoms with van der Waals surface area (Å²) in [5.74, 6) is -4.64. The number of carbonyl (C=O) groups excluding carboxylic acids is 3. The molecule has 2 aliphatic carbocycles. The van der Waals surface area contributed by atoms with Crippen molar-refractivity contribution in [3.8, 4) is 0 Å². The normalized spacial score (nSPS) is 29.0. The molecule has 1 heterocycles. The zero-order valence-electron chi connectivity index (χ0n) is 20.7. The monoisotopic (exact) mass is 536 g/mol. The Balaban J connectivity index is 1.86. The van der Waals surface area contributed by atoms with Gasteiger partial charge in [-0.05, 0) is 37.0 Å². The van der Waals surface area contributed by atoms with Gasteiger partial charge in [0.15, 0.2) is 0 Å². The Labute approximate surface area is 208 Å². The number of sulfonamides is 1. The zero-order chi connectivity index (χ0) is 27.2. The first-order chi connectivity index (χ1) is 16.5. The number of carboxylic acid groups (broad SMARTS) is 1. The van der Waals surface area contributed by atoms with Gasteiger partial charge in [-0.15, -0.1) is 0 Å². The Kier molecular flexibility index (Phi) is 7.60. The maximum absolute atomic E-state index is 13.6. The molecular formula is C22H34F2N4O7S. The Morgan fingerprint density at radius 3 is 2.19 bits per heavy atom. The number of halogens is 2. The lowest BCUT2D eigenvalue weighted by Crippen LogP contribution is -2.61. The summed E-state index contributed by atoms with van der Waals surface area (Å²) in [4.78, 5) is 52.3. The molecule has 4 amide bonds. The van der Waals surface area contributed by atoms with Gasteiger partial charge in [-0.2, -0.15) is 0 Å². The van der Waals surface area contributed by atoms with E-state index in [-0.39, 0.29) is 12.5 Å². The van der Waals surface area contributed by atoms with E-state index < -0.39 is 80.9 Å². The lowest BCUT2D eigenvalue weighted by molar-refractivity contribution is -0.143. The van der Waals surface area contributed by atoms with E-state index in [9.17, 15) is 41.5 Å². The predicted molar refractivity (Wildman–Crippen MR) is 123 cm³/mol. The minimum Gasteiger partial charge on any atom is -0.465 e. The molecule has 3 fully saturated rings. The molecule has 0 spiro atoms. The smallest absolute Gasteiger partial charge is 0.405 e. The summed E-state index contributed by atoms with van der Waals surface area (Å²) in [6.45, 7) is 6.90. The van der Waals surface area contributed by atoms with E-state index in [1.54, 1.807) is 27.7 Å². The lowest BCUT2D eigenvalue weighted by atomic mass is 9.85. The van der Waals surface area contributed by atoms with Crippen molar-refractivity contribution in [2.75, 3.05) is 6.54 Å². The van der Waals surface area contributed by atoms with Crippen LogP contribution in [0.5, 0.6) is 0 Å². The molecule has 4 N–H and O–H groups in total. The van der Waals surface area contributed by atoms with E-state index in [0.29, 0.717) is 25.7 Å². The van der Waals surface area contributed by atoms with Crippen molar-refractivity contribution in [2.45, 2.75) is 89.1 Å². The first-order valence-electron chi connectivity index (χ1n) is 12.0. The van der Waals surface area contributed by atoms with E-state index in [1.165, 1.54) is 4.90 Å². The van der Waals surface area contributed by atoms with E-state index in [1.807, 2.05) is 4.72 Å². The molecular weight excluding hydrogens is 502 g/mol. The summed E-state index contributed by atoms with van der Waals surface area (Å²) in [5, 5.41) is 13.0. The fourth-order valence-corrected chi connectivity index (χ4v) is 6.22. The number of nitrogens with one attached hydrogen (secondary N) is 3. The standard InChI is InChI=1S/C22H34F2N4O7S/c1-5-11-8-9-28(18(30)15(21(2,3)4)25-20(32)33)14(11)17(29)26-22(10-13(22)16(23)24)19(31)27-36(34,35)12-6-7-12/h11-16,25H,5-10H2,1-4H3,(H,26,29)(H,27,31)(H,32,33). The van der Waals surface area contributed by atoms with E-state index in [4.69, 9.17) is 0 Å².